The van der Waals surface area contributed by atoms with Gasteiger partial charge in [0.2, 0.25) is 0 Å². The van der Waals surface area contributed by atoms with Gasteiger partial charge < -0.3 is 5.11 Å². The van der Waals surface area contributed by atoms with Crippen LogP contribution in [0.2, 0.25) is 0 Å². The molecule has 1 N–H and O–H groups in total. The Balaban J connectivity index is 2.03. The average Bonchev–Trinajstić information content (AvgIpc) is 3.16. The van der Waals surface area contributed by atoms with Gasteiger partial charge in [-0.3, -0.25) is 4.90 Å². The molecule has 2 nitrogen and oxygen atoms in total. The SMILES string of the molecule is C#CCN(Cc1ccccc1)C(CO)C1CC1. The maximum Gasteiger partial charge on any atom is 0.0605 e. The Morgan fingerprint density at radius 3 is 2.59 bits per heavy atom. The lowest BCUT2D eigenvalue weighted by Gasteiger charge is -2.28. The number of rotatable bonds is 6. The Bertz CT molecular complexity index is 378. The number of aliphatic hydroxyl groups is 1. The monoisotopic (exact) mass is 229 g/mol. The normalized spacial score (nSPS) is 16.8. The second-order valence-electron chi connectivity index (χ2n) is 4.68. The first-order valence-electron chi connectivity index (χ1n) is 6.17. The van der Waals surface area contributed by atoms with Crippen molar-refractivity contribution in [3.05, 3.63) is 35.9 Å². The number of benzene rings is 1. The van der Waals surface area contributed by atoms with E-state index in [0.717, 1.165) is 6.54 Å². The van der Waals surface area contributed by atoms with Crippen LogP contribution in [0.5, 0.6) is 0 Å². The Kier molecular flexibility index (Phi) is 4.19. The molecular weight excluding hydrogens is 210 g/mol. The number of hydrogen-bond acceptors (Lipinski definition) is 2. The second-order valence-corrected chi connectivity index (χ2v) is 4.68. The van der Waals surface area contributed by atoms with E-state index in [9.17, 15) is 5.11 Å². The number of aliphatic hydroxyl groups excluding tert-OH is 1. The van der Waals surface area contributed by atoms with E-state index in [4.69, 9.17) is 6.42 Å². The molecule has 1 fully saturated rings. The summed E-state index contributed by atoms with van der Waals surface area (Å²) in [4.78, 5) is 2.22. The van der Waals surface area contributed by atoms with Gasteiger partial charge in [0.1, 0.15) is 0 Å². The predicted octanol–water partition coefficient (Wildman–Crippen LogP) is 1.89. The Hall–Kier alpha value is -1.30. The molecule has 0 amide bonds. The molecule has 0 bridgehead atoms. The van der Waals surface area contributed by atoms with Gasteiger partial charge in [0.05, 0.1) is 13.2 Å². The molecule has 0 radical (unpaired) electrons. The van der Waals surface area contributed by atoms with Crippen molar-refractivity contribution in [3.8, 4) is 12.3 Å². The van der Waals surface area contributed by atoms with E-state index < -0.39 is 0 Å². The average molecular weight is 229 g/mol. The van der Waals surface area contributed by atoms with Gasteiger partial charge in [0.25, 0.3) is 0 Å². The molecule has 1 aromatic rings. The van der Waals surface area contributed by atoms with Gasteiger partial charge in [0, 0.05) is 12.6 Å². The summed E-state index contributed by atoms with van der Waals surface area (Å²) in [6.07, 6.45) is 7.87. The van der Waals surface area contributed by atoms with E-state index in [-0.39, 0.29) is 12.6 Å². The lowest BCUT2D eigenvalue weighted by molar-refractivity contribution is 0.114. The summed E-state index contributed by atoms with van der Waals surface area (Å²) in [6, 6.07) is 10.5. The van der Waals surface area contributed by atoms with Gasteiger partial charge in [-0.05, 0) is 24.3 Å². The Morgan fingerprint density at radius 1 is 1.35 bits per heavy atom. The topological polar surface area (TPSA) is 23.5 Å². The first-order chi connectivity index (χ1) is 8.35. The highest BCUT2D eigenvalue weighted by molar-refractivity contribution is 5.15. The molecule has 0 heterocycles. The summed E-state index contributed by atoms with van der Waals surface area (Å²) >= 11 is 0. The fourth-order valence-electron chi connectivity index (χ4n) is 2.27. The van der Waals surface area contributed by atoms with Crippen LogP contribution >= 0.6 is 0 Å². The zero-order valence-corrected chi connectivity index (χ0v) is 10.0. The van der Waals surface area contributed by atoms with E-state index in [2.05, 4.69) is 23.0 Å². The fraction of sp³-hybridized carbons (Fsp3) is 0.467. The number of hydrogen-bond donors (Lipinski definition) is 1. The highest BCUT2D eigenvalue weighted by atomic mass is 16.3. The Morgan fingerprint density at radius 2 is 2.06 bits per heavy atom. The maximum atomic E-state index is 9.50. The minimum atomic E-state index is 0.208. The zero-order valence-electron chi connectivity index (χ0n) is 10.0. The van der Waals surface area contributed by atoms with Gasteiger partial charge in [-0.2, -0.15) is 0 Å². The van der Waals surface area contributed by atoms with Crippen LogP contribution in [0.1, 0.15) is 18.4 Å². The molecule has 0 aromatic heterocycles. The molecule has 2 rings (SSSR count). The van der Waals surface area contributed by atoms with Crippen LogP contribution in [-0.4, -0.2) is 29.2 Å². The third-order valence-electron chi connectivity index (χ3n) is 3.35. The quantitative estimate of drug-likeness (QED) is 0.753. The molecule has 2 heteroatoms. The highest BCUT2D eigenvalue weighted by Crippen LogP contribution is 2.35. The summed E-state index contributed by atoms with van der Waals surface area (Å²) in [7, 11) is 0. The molecule has 90 valence electrons. The van der Waals surface area contributed by atoms with Gasteiger partial charge in [-0.15, -0.1) is 6.42 Å². The molecule has 1 aromatic carbocycles. The number of terminal acetylenes is 1. The van der Waals surface area contributed by atoms with Crippen LogP contribution in [0, 0.1) is 18.3 Å². The zero-order chi connectivity index (χ0) is 12.1. The predicted molar refractivity (Wildman–Crippen MR) is 69.3 cm³/mol. The van der Waals surface area contributed by atoms with Crippen molar-refractivity contribution < 1.29 is 5.11 Å². The smallest absolute Gasteiger partial charge is 0.0605 e. The van der Waals surface area contributed by atoms with Crippen LogP contribution in [0.15, 0.2) is 30.3 Å². The van der Waals surface area contributed by atoms with E-state index >= 15 is 0 Å². The van der Waals surface area contributed by atoms with Gasteiger partial charge in [-0.1, -0.05) is 36.3 Å². The van der Waals surface area contributed by atoms with Crippen molar-refractivity contribution in [1.29, 1.82) is 0 Å². The summed E-state index contributed by atoms with van der Waals surface area (Å²) in [5, 5.41) is 9.50. The van der Waals surface area contributed by atoms with E-state index in [1.807, 2.05) is 18.2 Å². The second kappa shape index (κ2) is 5.86. The van der Waals surface area contributed by atoms with Crippen LogP contribution in [0.4, 0.5) is 0 Å². The largest absolute Gasteiger partial charge is 0.395 e. The molecule has 17 heavy (non-hydrogen) atoms. The molecular formula is C15H19NO. The minimum Gasteiger partial charge on any atom is -0.395 e. The van der Waals surface area contributed by atoms with Crippen LogP contribution < -0.4 is 0 Å². The summed E-state index contributed by atoms with van der Waals surface area (Å²) in [5.41, 5.74) is 1.25. The highest BCUT2D eigenvalue weighted by Gasteiger charge is 2.34. The number of nitrogens with zero attached hydrogens (tertiary/aromatic N) is 1. The minimum absolute atomic E-state index is 0.208. The van der Waals surface area contributed by atoms with Crippen molar-refractivity contribution in [2.75, 3.05) is 13.2 Å². The van der Waals surface area contributed by atoms with Crippen LogP contribution in [0.3, 0.4) is 0 Å². The van der Waals surface area contributed by atoms with Crippen LogP contribution in [0.25, 0.3) is 0 Å². The van der Waals surface area contributed by atoms with Gasteiger partial charge >= 0.3 is 0 Å². The molecule has 0 saturated heterocycles. The summed E-state index contributed by atoms with van der Waals surface area (Å²) < 4.78 is 0. The van der Waals surface area contributed by atoms with Crippen molar-refractivity contribution in [3.63, 3.8) is 0 Å². The van der Waals surface area contributed by atoms with Crippen molar-refractivity contribution >= 4 is 0 Å². The third-order valence-corrected chi connectivity index (χ3v) is 3.35. The summed E-state index contributed by atoms with van der Waals surface area (Å²) in [5.74, 6) is 3.34. The van der Waals surface area contributed by atoms with Crippen molar-refractivity contribution in [2.24, 2.45) is 5.92 Å². The fourth-order valence-corrected chi connectivity index (χ4v) is 2.27. The standard InChI is InChI=1S/C15H19NO/c1-2-10-16(15(12-17)14-8-9-14)11-13-6-4-3-5-7-13/h1,3-7,14-15,17H,8-12H2. The molecule has 1 atom stereocenters. The Labute approximate surface area is 103 Å². The lowest BCUT2D eigenvalue weighted by Crippen LogP contribution is -2.39. The van der Waals surface area contributed by atoms with Gasteiger partial charge in [0.15, 0.2) is 0 Å². The van der Waals surface area contributed by atoms with Crippen LogP contribution in [-0.2, 0) is 6.54 Å². The van der Waals surface area contributed by atoms with E-state index in [0.29, 0.717) is 12.5 Å². The molecule has 1 unspecified atom stereocenters. The van der Waals surface area contributed by atoms with Gasteiger partial charge in [-0.25, -0.2) is 0 Å². The van der Waals surface area contributed by atoms with Crippen molar-refractivity contribution in [1.82, 2.24) is 4.90 Å². The summed E-state index contributed by atoms with van der Waals surface area (Å²) in [6.45, 7) is 1.64. The molecule has 1 aliphatic carbocycles. The van der Waals surface area contributed by atoms with E-state index in [1.165, 1.54) is 18.4 Å². The molecule has 0 aliphatic heterocycles. The lowest BCUT2D eigenvalue weighted by atomic mass is 10.1. The first-order valence-corrected chi connectivity index (χ1v) is 6.17. The first kappa shape index (κ1) is 12.2. The maximum absolute atomic E-state index is 9.50. The molecule has 0 spiro atoms. The molecule has 1 aliphatic rings. The van der Waals surface area contributed by atoms with Crippen molar-refractivity contribution in [2.45, 2.75) is 25.4 Å². The molecule has 1 saturated carbocycles. The third kappa shape index (κ3) is 3.33. The van der Waals surface area contributed by atoms with E-state index in [1.54, 1.807) is 0 Å².